The van der Waals surface area contributed by atoms with Gasteiger partial charge in [-0.2, -0.15) is 0 Å². The lowest BCUT2D eigenvalue weighted by Gasteiger charge is -2.35. The van der Waals surface area contributed by atoms with Crippen molar-refractivity contribution in [3.8, 4) is 5.82 Å². The second kappa shape index (κ2) is 7.38. The average molecular weight is 380 g/mol. The van der Waals surface area contributed by atoms with Crippen molar-refractivity contribution in [3.63, 3.8) is 0 Å². The third-order valence-electron chi connectivity index (χ3n) is 5.02. The number of rotatable bonds is 3. The van der Waals surface area contributed by atoms with Gasteiger partial charge in [-0.1, -0.05) is 6.07 Å². The van der Waals surface area contributed by atoms with Gasteiger partial charge < -0.3 is 9.80 Å². The lowest BCUT2D eigenvalue weighted by atomic mass is 10.1. The lowest BCUT2D eigenvalue weighted by molar-refractivity contribution is 0.0746. The number of halogens is 1. The molecule has 1 aliphatic heterocycles. The van der Waals surface area contributed by atoms with Gasteiger partial charge in [-0.3, -0.25) is 9.36 Å². The van der Waals surface area contributed by atoms with Crippen molar-refractivity contribution >= 4 is 11.7 Å². The summed E-state index contributed by atoms with van der Waals surface area (Å²) >= 11 is 0. The molecule has 1 aromatic carbocycles. The SMILES string of the molecule is Cc1ccc(C(=O)N2CCN(c3cc(-n4ccnc4C)ncn3)CC2)cc1F. The van der Waals surface area contributed by atoms with E-state index in [4.69, 9.17) is 0 Å². The summed E-state index contributed by atoms with van der Waals surface area (Å²) in [7, 11) is 0. The number of piperazine rings is 1. The summed E-state index contributed by atoms with van der Waals surface area (Å²) in [5.74, 6) is 1.93. The van der Waals surface area contributed by atoms with E-state index in [9.17, 15) is 9.18 Å². The molecule has 144 valence electrons. The summed E-state index contributed by atoms with van der Waals surface area (Å²) < 4.78 is 15.7. The molecule has 2 aromatic heterocycles. The first-order valence-corrected chi connectivity index (χ1v) is 9.15. The zero-order valence-electron chi connectivity index (χ0n) is 15.8. The first-order chi connectivity index (χ1) is 13.5. The molecule has 8 heteroatoms. The third-order valence-corrected chi connectivity index (χ3v) is 5.02. The Morgan fingerprint density at radius 3 is 2.43 bits per heavy atom. The Bertz CT molecular complexity index is 1010. The number of aromatic nitrogens is 4. The molecular weight excluding hydrogens is 359 g/mol. The summed E-state index contributed by atoms with van der Waals surface area (Å²) in [6.07, 6.45) is 5.13. The van der Waals surface area contributed by atoms with E-state index in [1.165, 1.54) is 12.4 Å². The first kappa shape index (κ1) is 18.1. The van der Waals surface area contributed by atoms with Crippen molar-refractivity contribution < 1.29 is 9.18 Å². The largest absolute Gasteiger partial charge is 0.353 e. The minimum Gasteiger partial charge on any atom is -0.353 e. The van der Waals surface area contributed by atoms with E-state index in [2.05, 4.69) is 19.9 Å². The van der Waals surface area contributed by atoms with Crippen LogP contribution in [-0.2, 0) is 0 Å². The number of carbonyl (C=O) groups is 1. The van der Waals surface area contributed by atoms with Gasteiger partial charge in [-0.25, -0.2) is 19.3 Å². The second-order valence-corrected chi connectivity index (χ2v) is 6.82. The summed E-state index contributed by atoms with van der Waals surface area (Å²) in [5.41, 5.74) is 0.922. The van der Waals surface area contributed by atoms with Crippen LogP contribution in [-0.4, -0.2) is 56.5 Å². The zero-order chi connectivity index (χ0) is 19.7. The molecule has 28 heavy (non-hydrogen) atoms. The summed E-state index contributed by atoms with van der Waals surface area (Å²) in [6.45, 7) is 6.01. The Morgan fingerprint density at radius 1 is 1.00 bits per heavy atom. The van der Waals surface area contributed by atoms with Gasteiger partial charge in [0, 0.05) is 50.2 Å². The van der Waals surface area contributed by atoms with Gasteiger partial charge in [0.25, 0.3) is 5.91 Å². The molecule has 1 aliphatic rings. The molecule has 0 N–H and O–H groups in total. The molecule has 0 aliphatic carbocycles. The highest BCUT2D eigenvalue weighted by atomic mass is 19.1. The molecule has 0 saturated carbocycles. The molecule has 0 bridgehead atoms. The van der Waals surface area contributed by atoms with Crippen molar-refractivity contribution in [2.24, 2.45) is 0 Å². The van der Waals surface area contributed by atoms with E-state index < -0.39 is 0 Å². The minimum absolute atomic E-state index is 0.143. The Morgan fingerprint density at radius 2 is 1.75 bits per heavy atom. The summed E-state index contributed by atoms with van der Waals surface area (Å²) in [5, 5.41) is 0. The van der Waals surface area contributed by atoms with Crippen LogP contribution in [0.3, 0.4) is 0 Å². The lowest BCUT2D eigenvalue weighted by Crippen LogP contribution is -2.49. The minimum atomic E-state index is -0.354. The second-order valence-electron chi connectivity index (χ2n) is 6.82. The van der Waals surface area contributed by atoms with Gasteiger partial charge in [0.2, 0.25) is 0 Å². The smallest absolute Gasteiger partial charge is 0.254 e. The van der Waals surface area contributed by atoms with Crippen LogP contribution in [0, 0.1) is 19.7 Å². The fraction of sp³-hybridized carbons (Fsp3) is 0.300. The number of hydrogen-bond acceptors (Lipinski definition) is 5. The van der Waals surface area contributed by atoms with Crippen LogP contribution >= 0.6 is 0 Å². The van der Waals surface area contributed by atoms with Gasteiger partial charge in [-0.05, 0) is 31.5 Å². The molecule has 7 nitrogen and oxygen atoms in total. The molecular formula is C20H21FN6O. The van der Waals surface area contributed by atoms with Gasteiger partial charge in [-0.15, -0.1) is 0 Å². The van der Waals surface area contributed by atoms with Gasteiger partial charge in [0.1, 0.15) is 29.6 Å². The maximum absolute atomic E-state index is 13.8. The molecule has 0 atom stereocenters. The zero-order valence-corrected chi connectivity index (χ0v) is 15.8. The Balaban J connectivity index is 1.45. The van der Waals surface area contributed by atoms with E-state index in [1.54, 1.807) is 30.2 Å². The van der Waals surface area contributed by atoms with E-state index in [0.29, 0.717) is 37.3 Å². The van der Waals surface area contributed by atoms with Crippen molar-refractivity contribution in [3.05, 3.63) is 65.8 Å². The summed E-state index contributed by atoms with van der Waals surface area (Å²) in [6, 6.07) is 6.55. The highest BCUT2D eigenvalue weighted by molar-refractivity contribution is 5.94. The van der Waals surface area contributed by atoms with Crippen molar-refractivity contribution in [1.82, 2.24) is 24.4 Å². The molecule has 0 spiro atoms. The number of anilines is 1. The maximum Gasteiger partial charge on any atom is 0.254 e. The first-order valence-electron chi connectivity index (χ1n) is 9.15. The van der Waals surface area contributed by atoms with Crippen LogP contribution in [0.2, 0.25) is 0 Å². The quantitative estimate of drug-likeness (QED) is 0.698. The molecule has 0 radical (unpaired) electrons. The summed E-state index contributed by atoms with van der Waals surface area (Å²) in [4.78, 5) is 29.5. The number of carbonyl (C=O) groups excluding carboxylic acids is 1. The van der Waals surface area contributed by atoms with Gasteiger partial charge in [0.15, 0.2) is 0 Å². The number of amides is 1. The number of imidazole rings is 1. The standard InChI is InChI=1S/C20H21FN6O/c1-14-3-4-16(11-17(14)21)20(28)26-9-7-25(8-10-26)18-12-19(24-13-23-18)27-6-5-22-15(27)2/h3-6,11-13H,7-10H2,1-2H3. The van der Waals surface area contributed by atoms with E-state index in [-0.39, 0.29) is 11.7 Å². The van der Waals surface area contributed by atoms with Crippen LogP contribution in [0.15, 0.2) is 43.0 Å². The number of aryl methyl sites for hydroxylation is 2. The maximum atomic E-state index is 13.8. The van der Waals surface area contributed by atoms with Crippen molar-refractivity contribution in [1.29, 1.82) is 0 Å². The number of hydrogen-bond donors (Lipinski definition) is 0. The normalized spacial score (nSPS) is 14.4. The molecule has 3 heterocycles. The third kappa shape index (κ3) is 3.45. The van der Waals surface area contributed by atoms with Crippen LogP contribution in [0.5, 0.6) is 0 Å². The predicted octanol–water partition coefficient (Wildman–Crippen LogP) is 2.38. The molecule has 0 unspecified atom stereocenters. The highest BCUT2D eigenvalue weighted by Crippen LogP contribution is 2.18. The van der Waals surface area contributed by atoms with Gasteiger partial charge in [0.05, 0.1) is 0 Å². The Hall–Kier alpha value is -3.29. The molecule has 3 aromatic rings. The molecule has 4 rings (SSSR count). The molecule has 1 fully saturated rings. The van der Waals surface area contributed by atoms with Crippen molar-refractivity contribution in [2.75, 3.05) is 31.1 Å². The van der Waals surface area contributed by atoms with Crippen molar-refractivity contribution in [2.45, 2.75) is 13.8 Å². The fourth-order valence-electron chi connectivity index (χ4n) is 3.31. The highest BCUT2D eigenvalue weighted by Gasteiger charge is 2.23. The topological polar surface area (TPSA) is 67.2 Å². The molecule has 1 amide bonds. The fourth-order valence-corrected chi connectivity index (χ4v) is 3.31. The Labute approximate surface area is 162 Å². The number of benzene rings is 1. The van der Waals surface area contributed by atoms with Crippen LogP contribution in [0.1, 0.15) is 21.7 Å². The van der Waals surface area contributed by atoms with Gasteiger partial charge >= 0.3 is 0 Å². The van der Waals surface area contributed by atoms with Crippen LogP contribution in [0.4, 0.5) is 10.2 Å². The Kier molecular flexibility index (Phi) is 4.77. The average Bonchev–Trinajstić information content (AvgIpc) is 3.16. The monoisotopic (exact) mass is 380 g/mol. The van der Waals surface area contributed by atoms with E-state index >= 15 is 0 Å². The van der Waals surface area contributed by atoms with E-state index in [0.717, 1.165) is 17.5 Å². The number of nitrogens with zero attached hydrogens (tertiary/aromatic N) is 6. The van der Waals surface area contributed by atoms with E-state index in [1.807, 2.05) is 23.8 Å². The van der Waals surface area contributed by atoms with Crippen LogP contribution < -0.4 is 4.90 Å². The van der Waals surface area contributed by atoms with Crippen LogP contribution in [0.25, 0.3) is 5.82 Å². The molecule has 1 saturated heterocycles. The predicted molar refractivity (Wildman–Crippen MR) is 103 cm³/mol.